The van der Waals surface area contributed by atoms with Gasteiger partial charge in [0.2, 0.25) is 0 Å². The maximum Gasteiger partial charge on any atom is 0.198 e. The van der Waals surface area contributed by atoms with E-state index in [-0.39, 0.29) is 0 Å². The summed E-state index contributed by atoms with van der Waals surface area (Å²) in [4.78, 5) is 8.62. The number of nitrogen functional groups attached to an aromatic ring is 2. The fourth-order valence-electron chi connectivity index (χ4n) is 1.47. The van der Waals surface area contributed by atoms with Crippen LogP contribution in [0.3, 0.4) is 0 Å². The van der Waals surface area contributed by atoms with Gasteiger partial charge in [0, 0.05) is 0 Å². The van der Waals surface area contributed by atoms with Crippen LogP contribution in [0.25, 0.3) is 20.4 Å². The van der Waals surface area contributed by atoms with Crippen molar-refractivity contribution in [3.8, 4) is 0 Å². The lowest BCUT2D eigenvalue weighted by Crippen LogP contribution is -2.05. The molecule has 0 fully saturated rings. The van der Waals surface area contributed by atoms with E-state index in [1.807, 2.05) is 12.1 Å². The second-order valence-corrected chi connectivity index (χ2v) is 5.18. The fraction of sp³-hybridized carbons (Fsp3) is 0. The number of anilines is 2. The van der Waals surface area contributed by atoms with Crippen LogP contribution < -0.4 is 22.5 Å². The lowest BCUT2D eigenvalue weighted by atomic mass is 10.3. The zero-order valence-electron chi connectivity index (χ0n) is 8.02. The van der Waals surface area contributed by atoms with Crippen molar-refractivity contribution in [2.24, 2.45) is 11.7 Å². The van der Waals surface area contributed by atoms with Gasteiger partial charge < -0.3 is 0 Å². The molecular weight excluding hydrogens is 244 g/mol. The van der Waals surface area contributed by atoms with Crippen LogP contribution in [0.15, 0.2) is 12.1 Å². The minimum Gasteiger partial charge on any atom is -0.300 e. The van der Waals surface area contributed by atoms with Crippen LogP contribution in [0, 0.1) is 0 Å². The van der Waals surface area contributed by atoms with Crippen LogP contribution in [0.5, 0.6) is 0 Å². The van der Waals surface area contributed by atoms with Gasteiger partial charge in [0.25, 0.3) is 0 Å². The second-order valence-electron chi connectivity index (χ2n) is 3.11. The Bertz CT molecular complexity index is 552. The molecule has 0 spiro atoms. The first kappa shape index (κ1) is 9.73. The predicted molar refractivity (Wildman–Crippen MR) is 68.4 cm³/mol. The molecule has 0 atom stereocenters. The van der Waals surface area contributed by atoms with Gasteiger partial charge in [-0.15, -0.1) is 0 Å². The minimum absolute atomic E-state index is 0.699. The molecular formula is C8H8N6S2. The maximum atomic E-state index is 5.32. The van der Waals surface area contributed by atoms with Gasteiger partial charge in [0.1, 0.15) is 0 Å². The van der Waals surface area contributed by atoms with Crippen molar-refractivity contribution in [1.82, 2.24) is 9.97 Å². The Labute approximate surface area is 98.2 Å². The Morgan fingerprint density at radius 2 is 1.38 bits per heavy atom. The van der Waals surface area contributed by atoms with Gasteiger partial charge in [0.15, 0.2) is 10.3 Å². The van der Waals surface area contributed by atoms with E-state index in [1.165, 1.54) is 22.7 Å². The Balaban J connectivity index is 2.28. The van der Waals surface area contributed by atoms with E-state index in [9.17, 15) is 0 Å². The average molecular weight is 252 g/mol. The first-order chi connectivity index (χ1) is 7.80. The first-order valence-corrected chi connectivity index (χ1v) is 6.08. The Morgan fingerprint density at radius 1 is 0.875 bits per heavy atom. The normalized spacial score (nSPS) is 11.1. The van der Waals surface area contributed by atoms with E-state index in [0.29, 0.717) is 10.3 Å². The van der Waals surface area contributed by atoms with Crippen molar-refractivity contribution in [3.63, 3.8) is 0 Å². The summed E-state index contributed by atoms with van der Waals surface area (Å²) in [6.45, 7) is 0. The van der Waals surface area contributed by atoms with Gasteiger partial charge in [0.05, 0.1) is 20.4 Å². The SMILES string of the molecule is NNc1nc2cc3nc(NN)sc3cc2s1. The maximum absolute atomic E-state index is 5.32. The molecule has 0 amide bonds. The number of thiazole rings is 2. The van der Waals surface area contributed by atoms with Crippen LogP contribution in [0.4, 0.5) is 10.3 Å². The number of benzene rings is 1. The van der Waals surface area contributed by atoms with Crippen LogP contribution in [-0.2, 0) is 0 Å². The Kier molecular flexibility index (Phi) is 2.14. The molecule has 0 radical (unpaired) electrons. The molecule has 6 nitrogen and oxygen atoms in total. The van der Waals surface area contributed by atoms with E-state index in [0.717, 1.165) is 20.4 Å². The van der Waals surface area contributed by atoms with Gasteiger partial charge in [-0.1, -0.05) is 22.7 Å². The minimum atomic E-state index is 0.699. The second kappa shape index (κ2) is 3.52. The van der Waals surface area contributed by atoms with Crippen LogP contribution >= 0.6 is 22.7 Å². The Morgan fingerprint density at radius 3 is 1.81 bits per heavy atom. The van der Waals surface area contributed by atoms with Gasteiger partial charge in [-0.25, -0.2) is 21.7 Å². The molecule has 0 aliphatic rings. The zero-order valence-corrected chi connectivity index (χ0v) is 9.65. The van der Waals surface area contributed by atoms with Crippen LogP contribution in [0.1, 0.15) is 0 Å². The smallest absolute Gasteiger partial charge is 0.198 e. The number of hydrazine groups is 2. The molecule has 3 rings (SSSR count). The van der Waals surface area contributed by atoms with Gasteiger partial charge in [-0.2, -0.15) is 0 Å². The summed E-state index contributed by atoms with van der Waals surface area (Å²) in [5, 5.41) is 1.40. The molecule has 6 N–H and O–H groups in total. The lowest BCUT2D eigenvalue weighted by Gasteiger charge is -1.86. The van der Waals surface area contributed by atoms with E-state index >= 15 is 0 Å². The Hall–Kier alpha value is -1.48. The summed E-state index contributed by atoms with van der Waals surface area (Å²) in [5.74, 6) is 10.6. The van der Waals surface area contributed by atoms with E-state index in [2.05, 4.69) is 20.8 Å². The highest BCUT2D eigenvalue weighted by atomic mass is 32.1. The summed E-state index contributed by atoms with van der Waals surface area (Å²) in [5.41, 5.74) is 6.86. The number of hydrogen-bond acceptors (Lipinski definition) is 8. The van der Waals surface area contributed by atoms with Crippen molar-refractivity contribution in [3.05, 3.63) is 12.1 Å². The van der Waals surface area contributed by atoms with Crippen molar-refractivity contribution in [2.75, 3.05) is 10.9 Å². The van der Waals surface area contributed by atoms with E-state index in [4.69, 9.17) is 11.7 Å². The van der Waals surface area contributed by atoms with Crippen molar-refractivity contribution in [1.29, 1.82) is 0 Å². The third-order valence-electron chi connectivity index (χ3n) is 2.14. The zero-order chi connectivity index (χ0) is 11.1. The molecule has 3 aromatic rings. The number of aromatic nitrogens is 2. The highest BCUT2D eigenvalue weighted by molar-refractivity contribution is 7.24. The van der Waals surface area contributed by atoms with E-state index < -0.39 is 0 Å². The van der Waals surface area contributed by atoms with Crippen molar-refractivity contribution in [2.45, 2.75) is 0 Å². The van der Waals surface area contributed by atoms with E-state index in [1.54, 1.807) is 0 Å². The first-order valence-electron chi connectivity index (χ1n) is 4.44. The molecule has 0 unspecified atom stereocenters. The van der Waals surface area contributed by atoms with Gasteiger partial charge in [-0.05, 0) is 12.1 Å². The summed E-state index contributed by atoms with van der Waals surface area (Å²) in [6, 6.07) is 3.97. The molecule has 2 heterocycles. The summed E-state index contributed by atoms with van der Waals surface area (Å²) < 4.78 is 2.15. The lowest BCUT2D eigenvalue weighted by molar-refractivity contribution is 1.30. The summed E-state index contributed by atoms with van der Waals surface area (Å²) in [7, 11) is 0. The monoisotopic (exact) mass is 252 g/mol. The number of nitrogens with one attached hydrogen (secondary N) is 2. The topological polar surface area (TPSA) is 102 Å². The average Bonchev–Trinajstić information content (AvgIpc) is 2.86. The molecule has 0 aliphatic carbocycles. The number of fused-ring (bicyclic) bond motifs is 2. The largest absolute Gasteiger partial charge is 0.300 e. The summed E-state index contributed by atoms with van der Waals surface area (Å²) >= 11 is 3.02. The third kappa shape index (κ3) is 1.39. The summed E-state index contributed by atoms with van der Waals surface area (Å²) in [6.07, 6.45) is 0. The molecule has 8 heteroatoms. The number of hydrogen-bond donors (Lipinski definition) is 4. The molecule has 0 bridgehead atoms. The van der Waals surface area contributed by atoms with Gasteiger partial charge >= 0.3 is 0 Å². The van der Waals surface area contributed by atoms with Gasteiger partial charge in [-0.3, -0.25) is 10.9 Å². The predicted octanol–water partition coefficient (Wildman–Crippen LogP) is 1.48. The molecule has 0 aliphatic heterocycles. The van der Waals surface area contributed by atoms with Crippen LogP contribution in [0.2, 0.25) is 0 Å². The molecule has 1 aromatic carbocycles. The number of nitrogens with two attached hydrogens (primary N) is 2. The molecule has 82 valence electrons. The standard InChI is InChI=1S/C8H8N6S2/c9-13-7-11-3-1-4-6(2-5(3)15-7)16-8(12-4)14-10/h1-2H,9-10H2,(H,11,13)(H,12,14). The molecule has 0 saturated heterocycles. The van der Waals surface area contributed by atoms with Crippen molar-refractivity contribution >= 4 is 53.4 Å². The molecule has 2 aromatic heterocycles. The highest BCUT2D eigenvalue weighted by Crippen LogP contribution is 2.33. The third-order valence-corrected chi connectivity index (χ3v) is 4.04. The van der Waals surface area contributed by atoms with Crippen molar-refractivity contribution < 1.29 is 0 Å². The van der Waals surface area contributed by atoms with Crippen LogP contribution in [-0.4, -0.2) is 9.97 Å². The number of nitrogens with zero attached hydrogens (tertiary/aromatic N) is 2. The number of rotatable bonds is 2. The quantitative estimate of drug-likeness (QED) is 0.407. The molecule has 0 saturated carbocycles. The molecule has 16 heavy (non-hydrogen) atoms. The fourth-order valence-corrected chi connectivity index (χ4v) is 3.14. The highest BCUT2D eigenvalue weighted by Gasteiger charge is 2.08.